The number of amides is 1. The molecule has 8 heteroatoms. The molecule has 20 heavy (non-hydrogen) atoms. The zero-order valence-corrected chi connectivity index (χ0v) is 11.6. The second-order valence-electron chi connectivity index (χ2n) is 4.04. The number of thiazole rings is 1. The van der Waals surface area contributed by atoms with Gasteiger partial charge < -0.3 is 9.77 Å². The van der Waals surface area contributed by atoms with Gasteiger partial charge in [-0.2, -0.15) is 0 Å². The molecule has 0 saturated heterocycles. The van der Waals surface area contributed by atoms with Crippen molar-refractivity contribution < 1.29 is 10.0 Å². The van der Waals surface area contributed by atoms with Crippen LogP contribution in [0.5, 0.6) is 0 Å². The summed E-state index contributed by atoms with van der Waals surface area (Å²) >= 11 is 1.21. The summed E-state index contributed by atoms with van der Waals surface area (Å²) < 4.78 is 1.37. The third kappa shape index (κ3) is 2.91. The molecule has 0 aliphatic carbocycles. The predicted molar refractivity (Wildman–Crippen MR) is 75.7 cm³/mol. The lowest BCUT2D eigenvalue weighted by Gasteiger charge is -2.02. The smallest absolute Gasteiger partial charge is 0.257 e. The molecule has 0 aliphatic heterocycles. The predicted octanol–water partition coefficient (Wildman–Crippen LogP) is 1.29. The molecule has 0 bridgehead atoms. The fourth-order valence-electron chi connectivity index (χ4n) is 1.41. The Kier molecular flexibility index (Phi) is 3.94. The topological polar surface area (TPSA) is 96.6 Å². The Morgan fingerprint density at radius 1 is 1.55 bits per heavy atom. The van der Waals surface area contributed by atoms with E-state index in [0.29, 0.717) is 16.5 Å². The number of aryl methyl sites for hydroxylation is 1. The Hall–Kier alpha value is -2.48. The summed E-state index contributed by atoms with van der Waals surface area (Å²) in [5.74, 6) is -0.415. The van der Waals surface area contributed by atoms with E-state index in [9.17, 15) is 9.59 Å². The highest BCUT2D eigenvalue weighted by molar-refractivity contribution is 7.14. The van der Waals surface area contributed by atoms with Crippen molar-refractivity contribution >= 4 is 28.1 Å². The third-order valence-electron chi connectivity index (χ3n) is 2.61. The van der Waals surface area contributed by atoms with Crippen LogP contribution in [0.25, 0.3) is 0 Å². The number of aromatic nitrogens is 2. The Morgan fingerprint density at radius 2 is 2.30 bits per heavy atom. The molecule has 0 unspecified atom stereocenters. The van der Waals surface area contributed by atoms with Crippen molar-refractivity contribution in [2.24, 2.45) is 12.2 Å². The number of carbonyl (C=O) groups is 1. The first-order valence-corrected chi connectivity index (χ1v) is 6.52. The van der Waals surface area contributed by atoms with Crippen LogP contribution in [0.1, 0.15) is 23.0 Å². The zero-order valence-electron chi connectivity index (χ0n) is 10.8. The lowest BCUT2D eigenvalue weighted by atomic mass is 10.2. The highest BCUT2D eigenvalue weighted by atomic mass is 32.1. The van der Waals surface area contributed by atoms with Gasteiger partial charge in [-0.05, 0) is 13.0 Å². The van der Waals surface area contributed by atoms with Crippen molar-refractivity contribution in [3.05, 3.63) is 45.3 Å². The number of hydrogen-bond donors (Lipinski definition) is 2. The van der Waals surface area contributed by atoms with E-state index >= 15 is 0 Å². The molecule has 1 amide bonds. The van der Waals surface area contributed by atoms with Gasteiger partial charge >= 0.3 is 0 Å². The maximum absolute atomic E-state index is 12.0. The van der Waals surface area contributed by atoms with Crippen LogP contribution in [-0.4, -0.2) is 26.4 Å². The summed E-state index contributed by atoms with van der Waals surface area (Å²) in [6.45, 7) is 1.60. The number of hydrogen-bond acceptors (Lipinski definition) is 6. The molecular formula is C12H12N4O3S. The van der Waals surface area contributed by atoms with Gasteiger partial charge in [-0.15, -0.1) is 11.3 Å². The van der Waals surface area contributed by atoms with Gasteiger partial charge in [0.15, 0.2) is 5.13 Å². The molecule has 0 fully saturated rings. The van der Waals surface area contributed by atoms with Gasteiger partial charge in [0.05, 0.1) is 0 Å². The number of rotatable bonds is 3. The lowest BCUT2D eigenvalue weighted by Crippen LogP contribution is -2.19. The van der Waals surface area contributed by atoms with E-state index in [1.54, 1.807) is 25.4 Å². The number of carbonyl (C=O) groups excluding carboxylic acids is 1. The Balaban J connectivity index is 2.17. The average Bonchev–Trinajstić information content (AvgIpc) is 2.89. The van der Waals surface area contributed by atoms with Gasteiger partial charge in [0.2, 0.25) is 0 Å². The Morgan fingerprint density at radius 3 is 2.95 bits per heavy atom. The Labute approximate surface area is 118 Å². The molecular weight excluding hydrogens is 280 g/mol. The van der Waals surface area contributed by atoms with Gasteiger partial charge in [0.25, 0.3) is 11.5 Å². The number of pyridine rings is 1. The van der Waals surface area contributed by atoms with Crippen LogP contribution in [0.3, 0.4) is 0 Å². The van der Waals surface area contributed by atoms with E-state index in [1.807, 2.05) is 0 Å². The summed E-state index contributed by atoms with van der Waals surface area (Å²) in [6.07, 6.45) is 1.52. The molecule has 0 spiro atoms. The molecule has 2 heterocycles. The van der Waals surface area contributed by atoms with E-state index in [1.165, 1.54) is 28.2 Å². The van der Waals surface area contributed by atoms with Crippen LogP contribution in [0.15, 0.2) is 33.7 Å². The van der Waals surface area contributed by atoms with E-state index in [2.05, 4.69) is 15.5 Å². The van der Waals surface area contributed by atoms with Crippen LogP contribution < -0.4 is 10.9 Å². The van der Waals surface area contributed by atoms with Crippen molar-refractivity contribution in [3.63, 3.8) is 0 Å². The molecule has 0 saturated carbocycles. The van der Waals surface area contributed by atoms with Crippen molar-refractivity contribution in [2.45, 2.75) is 6.92 Å². The lowest BCUT2D eigenvalue weighted by molar-refractivity contribution is 0.102. The van der Waals surface area contributed by atoms with Gasteiger partial charge in [-0.3, -0.25) is 14.9 Å². The largest absolute Gasteiger partial charge is 0.411 e. The molecule has 104 valence electrons. The summed E-state index contributed by atoms with van der Waals surface area (Å²) in [7, 11) is 1.61. The minimum Gasteiger partial charge on any atom is -0.411 e. The molecule has 2 aromatic rings. The Bertz CT molecular complexity index is 732. The standard InChI is InChI=1S/C12H12N4O3S/c1-7(15-19)9-6-20-12(13-9)14-11(18)8-3-4-16(2)10(17)5-8/h3-6,19H,1-2H3,(H,13,14,18)/b15-7-. The average molecular weight is 292 g/mol. The number of oxime groups is 1. The molecule has 2 rings (SSSR count). The molecule has 2 N–H and O–H groups in total. The first-order chi connectivity index (χ1) is 9.51. The quantitative estimate of drug-likeness (QED) is 0.506. The molecule has 0 aromatic carbocycles. The third-order valence-corrected chi connectivity index (χ3v) is 3.37. The highest BCUT2D eigenvalue weighted by Gasteiger charge is 2.11. The second-order valence-corrected chi connectivity index (χ2v) is 4.90. The summed E-state index contributed by atoms with van der Waals surface area (Å²) in [4.78, 5) is 27.5. The maximum Gasteiger partial charge on any atom is 0.257 e. The molecule has 2 aromatic heterocycles. The number of anilines is 1. The second kappa shape index (κ2) is 5.66. The van der Waals surface area contributed by atoms with Crippen molar-refractivity contribution in [1.29, 1.82) is 0 Å². The fraction of sp³-hybridized carbons (Fsp3) is 0.167. The van der Waals surface area contributed by atoms with Crippen molar-refractivity contribution in [1.82, 2.24) is 9.55 Å². The van der Waals surface area contributed by atoms with Crippen molar-refractivity contribution in [2.75, 3.05) is 5.32 Å². The van der Waals surface area contributed by atoms with E-state index in [-0.39, 0.29) is 11.1 Å². The minimum atomic E-state index is -0.415. The van der Waals surface area contributed by atoms with Crippen LogP contribution in [0.2, 0.25) is 0 Å². The van der Waals surface area contributed by atoms with E-state index < -0.39 is 5.91 Å². The normalized spacial score (nSPS) is 11.4. The molecule has 0 aliphatic rings. The van der Waals surface area contributed by atoms with Crippen LogP contribution >= 0.6 is 11.3 Å². The van der Waals surface area contributed by atoms with Gasteiger partial charge in [0.1, 0.15) is 11.4 Å². The van der Waals surface area contributed by atoms with Gasteiger partial charge in [-0.1, -0.05) is 5.16 Å². The van der Waals surface area contributed by atoms with Crippen LogP contribution in [0, 0.1) is 0 Å². The zero-order chi connectivity index (χ0) is 14.7. The fourth-order valence-corrected chi connectivity index (χ4v) is 2.16. The highest BCUT2D eigenvalue weighted by Crippen LogP contribution is 2.16. The molecule has 7 nitrogen and oxygen atoms in total. The first kappa shape index (κ1) is 13.9. The maximum atomic E-state index is 12.0. The van der Waals surface area contributed by atoms with E-state index in [4.69, 9.17) is 5.21 Å². The SMILES string of the molecule is C/C(=N/O)c1csc(NC(=O)c2ccn(C)c(=O)c2)n1. The van der Waals surface area contributed by atoms with E-state index in [0.717, 1.165) is 0 Å². The summed E-state index contributed by atoms with van der Waals surface area (Å²) in [6, 6.07) is 2.80. The molecule has 0 radical (unpaired) electrons. The number of nitrogens with one attached hydrogen (secondary N) is 1. The van der Waals surface area contributed by atoms with Gasteiger partial charge in [0, 0.05) is 30.3 Å². The molecule has 0 atom stereocenters. The van der Waals surface area contributed by atoms with Crippen LogP contribution in [0.4, 0.5) is 5.13 Å². The minimum absolute atomic E-state index is 0.261. The summed E-state index contributed by atoms with van der Waals surface area (Å²) in [5.41, 5.74) is 0.838. The van der Waals surface area contributed by atoms with Crippen LogP contribution in [-0.2, 0) is 7.05 Å². The first-order valence-electron chi connectivity index (χ1n) is 5.64. The van der Waals surface area contributed by atoms with Crippen molar-refractivity contribution in [3.8, 4) is 0 Å². The monoisotopic (exact) mass is 292 g/mol. The summed E-state index contributed by atoms with van der Waals surface area (Å²) in [5, 5.41) is 16.3. The van der Waals surface area contributed by atoms with Gasteiger partial charge in [-0.25, -0.2) is 4.98 Å². The number of nitrogens with zero attached hydrogens (tertiary/aromatic N) is 3.